The Hall–Kier alpha value is -4.94. The number of benzene rings is 4. The minimum absolute atomic E-state index is 0.00393. The van der Waals surface area contributed by atoms with Crippen LogP contribution in [0.3, 0.4) is 0 Å². The highest BCUT2D eigenvalue weighted by Crippen LogP contribution is 2.44. The molecule has 0 radical (unpaired) electrons. The van der Waals surface area contributed by atoms with E-state index < -0.39 is 40.6 Å². The Labute approximate surface area is 247 Å². The number of carbonyl (C=O) groups is 3. The molecule has 0 saturated carbocycles. The van der Waals surface area contributed by atoms with E-state index in [2.05, 4.69) is 16.0 Å². The molecule has 0 bridgehead atoms. The third-order valence-corrected chi connectivity index (χ3v) is 8.16. The maximum Gasteiger partial charge on any atom is 0.407 e. The molecule has 222 valence electrons. The van der Waals surface area contributed by atoms with Gasteiger partial charge in [0, 0.05) is 35.5 Å². The van der Waals surface area contributed by atoms with Crippen LogP contribution in [0, 0.1) is 0 Å². The Balaban J connectivity index is 1.12. The van der Waals surface area contributed by atoms with E-state index in [9.17, 15) is 32.5 Å². The van der Waals surface area contributed by atoms with E-state index in [0.29, 0.717) is 16.5 Å². The number of hydrogen-bond donors (Lipinski definition) is 5. The van der Waals surface area contributed by atoms with E-state index in [1.807, 2.05) is 48.5 Å². The lowest BCUT2D eigenvalue weighted by Gasteiger charge is -2.17. The molecule has 11 nitrogen and oxygen atoms in total. The summed E-state index contributed by atoms with van der Waals surface area (Å²) in [5, 5.41) is 18.4. The topological polar surface area (TPSA) is 171 Å². The number of rotatable bonds is 11. The molecule has 0 aliphatic heterocycles. The number of hydrogen-bond acceptors (Lipinski definition) is 7. The highest BCUT2D eigenvalue weighted by atomic mass is 32.2. The number of ether oxygens (including phenoxy) is 1. The molecule has 0 saturated heterocycles. The lowest BCUT2D eigenvalue weighted by Crippen LogP contribution is -2.45. The molecule has 1 unspecified atom stereocenters. The van der Waals surface area contributed by atoms with Crippen molar-refractivity contribution in [1.82, 2.24) is 10.6 Å². The molecule has 1 aliphatic rings. The van der Waals surface area contributed by atoms with E-state index in [1.54, 1.807) is 24.3 Å². The van der Waals surface area contributed by atoms with Gasteiger partial charge in [-0.2, -0.15) is 8.42 Å². The van der Waals surface area contributed by atoms with Gasteiger partial charge in [-0.1, -0.05) is 72.8 Å². The highest BCUT2D eigenvalue weighted by molar-refractivity contribution is 7.86. The van der Waals surface area contributed by atoms with Gasteiger partial charge in [0.15, 0.2) is 0 Å². The first-order valence-corrected chi connectivity index (χ1v) is 14.9. The van der Waals surface area contributed by atoms with Crippen molar-refractivity contribution in [3.8, 4) is 11.1 Å². The largest absolute Gasteiger partial charge is 0.480 e. The average molecular weight is 604 g/mol. The Morgan fingerprint density at radius 1 is 0.814 bits per heavy atom. The zero-order valence-electron chi connectivity index (χ0n) is 22.8. The van der Waals surface area contributed by atoms with Crippen molar-refractivity contribution in [3.05, 3.63) is 96.1 Å². The van der Waals surface area contributed by atoms with E-state index in [0.717, 1.165) is 22.3 Å². The first-order chi connectivity index (χ1) is 20.6. The average Bonchev–Trinajstić information content (AvgIpc) is 3.30. The number of carboxylic acids is 1. The van der Waals surface area contributed by atoms with E-state index >= 15 is 0 Å². The van der Waals surface area contributed by atoms with Crippen LogP contribution in [0.25, 0.3) is 21.9 Å². The summed E-state index contributed by atoms with van der Waals surface area (Å²) >= 11 is 0. The van der Waals surface area contributed by atoms with Gasteiger partial charge >= 0.3 is 12.1 Å². The van der Waals surface area contributed by atoms with Crippen molar-refractivity contribution in [2.75, 3.05) is 25.0 Å². The normalized spacial score (nSPS) is 13.0. The maximum absolute atomic E-state index is 12.5. The minimum Gasteiger partial charge on any atom is -0.480 e. The van der Waals surface area contributed by atoms with Crippen molar-refractivity contribution in [2.24, 2.45) is 0 Å². The van der Waals surface area contributed by atoms with Crippen molar-refractivity contribution in [3.63, 3.8) is 0 Å². The molecule has 2 amide bonds. The first-order valence-electron chi connectivity index (χ1n) is 13.5. The molecule has 1 atom stereocenters. The quantitative estimate of drug-likeness (QED) is 0.126. The summed E-state index contributed by atoms with van der Waals surface area (Å²) in [6.45, 7) is 0.354. The van der Waals surface area contributed by atoms with Crippen LogP contribution in [0.1, 0.15) is 23.5 Å². The Kier molecular flexibility index (Phi) is 8.60. The first kappa shape index (κ1) is 29.5. The van der Waals surface area contributed by atoms with Gasteiger partial charge in [0.1, 0.15) is 17.5 Å². The van der Waals surface area contributed by atoms with Crippen LogP contribution in [0.4, 0.5) is 10.5 Å². The number of amides is 2. The van der Waals surface area contributed by atoms with Gasteiger partial charge < -0.3 is 25.8 Å². The van der Waals surface area contributed by atoms with Crippen molar-refractivity contribution < 1.29 is 37.2 Å². The molecule has 0 fully saturated rings. The molecule has 4 aromatic carbocycles. The fourth-order valence-electron chi connectivity index (χ4n) is 5.30. The Morgan fingerprint density at radius 3 is 2.09 bits per heavy atom. The van der Waals surface area contributed by atoms with Gasteiger partial charge in [-0.05, 0) is 34.4 Å². The van der Waals surface area contributed by atoms with Gasteiger partial charge in [0.05, 0.1) is 6.42 Å². The number of anilines is 1. The molecule has 0 spiro atoms. The highest BCUT2D eigenvalue weighted by Gasteiger charge is 2.30. The molecule has 43 heavy (non-hydrogen) atoms. The summed E-state index contributed by atoms with van der Waals surface area (Å²) in [4.78, 5) is 36.6. The number of fused-ring (bicyclic) bond motifs is 4. The van der Waals surface area contributed by atoms with E-state index in [4.69, 9.17) is 4.74 Å². The van der Waals surface area contributed by atoms with Crippen LogP contribution >= 0.6 is 0 Å². The summed E-state index contributed by atoms with van der Waals surface area (Å²) in [5.41, 5.74) is 4.73. The molecule has 5 N–H and O–H groups in total. The maximum atomic E-state index is 12.5. The molecule has 12 heteroatoms. The van der Waals surface area contributed by atoms with Gasteiger partial charge in [-0.25, -0.2) is 9.59 Å². The second-order valence-corrected chi connectivity index (χ2v) is 11.4. The Morgan fingerprint density at radius 2 is 1.44 bits per heavy atom. The molecule has 4 aromatic rings. The smallest absolute Gasteiger partial charge is 0.407 e. The monoisotopic (exact) mass is 603 g/mol. The molecule has 0 heterocycles. The van der Waals surface area contributed by atoms with Gasteiger partial charge in [0.25, 0.3) is 10.1 Å². The predicted molar refractivity (Wildman–Crippen MR) is 160 cm³/mol. The molecule has 5 rings (SSSR count). The fourth-order valence-corrected chi connectivity index (χ4v) is 6.01. The third-order valence-electron chi connectivity index (χ3n) is 7.25. The van der Waals surface area contributed by atoms with Crippen LogP contribution in [-0.2, 0) is 24.4 Å². The van der Waals surface area contributed by atoms with E-state index in [1.165, 1.54) is 12.1 Å². The lowest BCUT2D eigenvalue weighted by molar-refractivity contribution is -0.141. The number of nitrogens with one attached hydrogen (secondary N) is 3. The number of alkyl carbamates (subject to hydrolysis) is 1. The van der Waals surface area contributed by atoms with Crippen LogP contribution in [0.2, 0.25) is 0 Å². The fraction of sp³-hybridized carbons (Fsp3) is 0.194. The molecular weight excluding hydrogens is 574 g/mol. The van der Waals surface area contributed by atoms with Crippen molar-refractivity contribution >= 4 is 44.5 Å². The van der Waals surface area contributed by atoms with Gasteiger partial charge in [-0.15, -0.1) is 0 Å². The number of aliphatic carboxylic acids is 1. The standard InChI is InChI=1S/C31H29N3O8S/c35-29(33-16-15-32-26-13-5-12-24-23(26)11-6-14-28(24)43(39,40)41)17-27(30(36)37)34-31(38)42-18-25-21-9-3-1-7-19(21)20-8-2-4-10-22(20)25/h1-14,25,27,32H,15-18H2,(H,33,35)(H,34,38)(H,36,37)(H,39,40,41). The van der Waals surface area contributed by atoms with Crippen molar-refractivity contribution in [1.29, 1.82) is 0 Å². The summed E-state index contributed by atoms with van der Waals surface area (Å²) in [5.74, 6) is -2.18. The minimum atomic E-state index is -4.41. The van der Waals surface area contributed by atoms with Crippen LogP contribution in [0.15, 0.2) is 89.8 Å². The predicted octanol–water partition coefficient (Wildman–Crippen LogP) is 4.00. The van der Waals surface area contributed by atoms with E-state index in [-0.39, 0.29) is 30.5 Å². The van der Waals surface area contributed by atoms with Gasteiger partial charge in [0.2, 0.25) is 5.91 Å². The third kappa shape index (κ3) is 6.60. The Bertz CT molecular complexity index is 1760. The number of carboxylic acid groups (broad SMARTS) is 1. The summed E-state index contributed by atoms with van der Waals surface area (Å²) in [7, 11) is -4.41. The van der Waals surface area contributed by atoms with Gasteiger partial charge in [-0.3, -0.25) is 9.35 Å². The lowest BCUT2D eigenvalue weighted by atomic mass is 9.98. The van der Waals surface area contributed by atoms with Crippen molar-refractivity contribution in [2.45, 2.75) is 23.3 Å². The zero-order chi connectivity index (χ0) is 30.6. The molecule has 0 aromatic heterocycles. The summed E-state index contributed by atoms with van der Waals surface area (Å²) in [6.07, 6.45) is -1.45. The number of carbonyl (C=O) groups excluding carboxylic acids is 2. The molecular formula is C31H29N3O8S. The summed E-state index contributed by atoms with van der Waals surface area (Å²) in [6, 6.07) is 23.6. The van der Waals surface area contributed by atoms with Crippen LogP contribution in [-0.4, -0.2) is 61.8 Å². The van der Waals surface area contributed by atoms with Crippen LogP contribution in [0.5, 0.6) is 0 Å². The second kappa shape index (κ2) is 12.5. The van der Waals surface area contributed by atoms with Crippen LogP contribution < -0.4 is 16.0 Å². The second-order valence-electron chi connectivity index (χ2n) is 9.97. The SMILES string of the molecule is O=C(CC(NC(=O)OCC1c2ccccc2-c2ccccc21)C(=O)O)NCCNc1cccc2c(S(=O)(=O)O)cccc12. The molecule has 1 aliphatic carbocycles. The summed E-state index contributed by atoms with van der Waals surface area (Å²) < 4.78 is 38.3. The zero-order valence-corrected chi connectivity index (χ0v) is 23.6.